The van der Waals surface area contributed by atoms with E-state index in [0.29, 0.717) is 0 Å². The Balaban J connectivity index is 1.01. The third-order valence-corrected chi connectivity index (χ3v) is 13.6. The van der Waals surface area contributed by atoms with Gasteiger partial charge in [-0.1, -0.05) is 152 Å². The summed E-state index contributed by atoms with van der Waals surface area (Å²) in [5.41, 5.74) is 13.6. The van der Waals surface area contributed by atoms with Crippen molar-refractivity contribution in [2.24, 2.45) is 0 Å². The Bertz CT molecular complexity index is 4280. The van der Waals surface area contributed by atoms with Gasteiger partial charge in [-0.15, -0.1) is 0 Å². The molecule has 0 atom stereocenters. The molecular formula is C59H35N3O. The number of pyridine rings is 1. The molecule has 0 fully saturated rings. The van der Waals surface area contributed by atoms with Crippen molar-refractivity contribution in [3.8, 4) is 33.6 Å². The molecule has 4 aromatic heterocycles. The van der Waals surface area contributed by atoms with E-state index in [9.17, 15) is 4.79 Å². The molecule has 0 N–H and O–H groups in total. The third kappa shape index (κ3) is 4.67. The van der Waals surface area contributed by atoms with E-state index >= 15 is 0 Å². The van der Waals surface area contributed by atoms with Crippen molar-refractivity contribution in [1.29, 1.82) is 0 Å². The van der Waals surface area contributed by atoms with Gasteiger partial charge >= 0.3 is 0 Å². The Morgan fingerprint density at radius 1 is 0.286 bits per heavy atom. The van der Waals surface area contributed by atoms with Crippen molar-refractivity contribution in [2.75, 3.05) is 0 Å². The highest BCUT2D eigenvalue weighted by atomic mass is 16.1. The number of hydrogen-bond acceptors (Lipinski definition) is 1. The molecule has 0 amide bonds. The van der Waals surface area contributed by atoms with E-state index in [-0.39, 0.29) is 5.56 Å². The minimum absolute atomic E-state index is 0.0262. The maximum atomic E-state index is 14.0. The van der Waals surface area contributed by atoms with Gasteiger partial charge in [0.25, 0.3) is 5.56 Å². The summed E-state index contributed by atoms with van der Waals surface area (Å²) in [5, 5.41) is 12.3. The largest absolute Gasteiger partial charge is 0.307 e. The van der Waals surface area contributed by atoms with Gasteiger partial charge in [-0.05, 0) is 93.7 Å². The quantitative estimate of drug-likeness (QED) is 0.163. The summed E-state index contributed by atoms with van der Waals surface area (Å²) in [4.78, 5) is 14.0. The van der Waals surface area contributed by atoms with Crippen molar-refractivity contribution in [2.45, 2.75) is 0 Å². The minimum Gasteiger partial charge on any atom is -0.307 e. The van der Waals surface area contributed by atoms with Crippen LogP contribution in [-0.4, -0.2) is 13.5 Å². The first-order valence-corrected chi connectivity index (χ1v) is 21.6. The lowest BCUT2D eigenvalue weighted by Gasteiger charge is -2.17. The predicted molar refractivity (Wildman–Crippen MR) is 264 cm³/mol. The Morgan fingerprint density at radius 3 is 1.52 bits per heavy atom. The van der Waals surface area contributed by atoms with E-state index in [1.54, 1.807) is 0 Å². The van der Waals surface area contributed by atoms with Crippen LogP contribution in [0.15, 0.2) is 217 Å². The molecule has 0 spiro atoms. The van der Waals surface area contributed by atoms with Gasteiger partial charge in [0.05, 0.1) is 38.8 Å². The maximum absolute atomic E-state index is 14.0. The van der Waals surface area contributed by atoms with Crippen LogP contribution in [0, 0.1) is 0 Å². The van der Waals surface area contributed by atoms with Crippen LogP contribution in [0.1, 0.15) is 0 Å². The second kappa shape index (κ2) is 12.8. The minimum atomic E-state index is 0.0262. The molecule has 292 valence electrons. The van der Waals surface area contributed by atoms with Crippen LogP contribution in [0.25, 0.3) is 126 Å². The molecule has 0 aliphatic carbocycles. The van der Waals surface area contributed by atoms with E-state index in [1.807, 2.05) is 28.7 Å². The van der Waals surface area contributed by atoms with Crippen molar-refractivity contribution in [3.63, 3.8) is 0 Å². The number of rotatable bonds is 4. The van der Waals surface area contributed by atoms with E-state index in [4.69, 9.17) is 0 Å². The van der Waals surface area contributed by atoms with Crippen molar-refractivity contribution < 1.29 is 0 Å². The summed E-state index contributed by atoms with van der Waals surface area (Å²) in [6.07, 6.45) is 0. The molecule has 63 heavy (non-hydrogen) atoms. The zero-order valence-corrected chi connectivity index (χ0v) is 34.0. The highest BCUT2D eigenvalue weighted by molar-refractivity contribution is 6.25. The van der Waals surface area contributed by atoms with E-state index in [2.05, 4.69) is 197 Å². The normalized spacial score (nSPS) is 12.2. The molecule has 14 rings (SSSR count). The molecule has 0 saturated carbocycles. The molecule has 4 heteroatoms. The van der Waals surface area contributed by atoms with Gasteiger partial charge in [0.15, 0.2) is 0 Å². The van der Waals surface area contributed by atoms with Gasteiger partial charge in [-0.2, -0.15) is 0 Å². The predicted octanol–water partition coefficient (Wildman–Crippen LogP) is 14.9. The summed E-state index contributed by atoms with van der Waals surface area (Å²) >= 11 is 0. The summed E-state index contributed by atoms with van der Waals surface area (Å²) in [5.74, 6) is 0. The molecule has 0 aliphatic rings. The topological polar surface area (TPSA) is 31.3 Å². The standard InChI is InChI=1S/C59H35N3O/c63-59-49-25-7-5-20-42(49)50-34-38(35-51-46-24-10-13-28-54(46)62(59)56(50)51)36-15-14-16-37(33-36)40-31-32-55(43-21-6-4-19-41(40)43)61-53-27-12-9-23-45(53)48-30-29-47-44-22-8-11-26-52(44)60(57(47)58(48)61)39-17-2-1-3-18-39/h1-35H. The highest BCUT2D eigenvalue weighted by Crippen LogP contribution is 2.44. The zero-order valence-electron chi connectivity index (χ0n) is 34.0. The summed E-state index contributed by atoms with van der Waals surface area (Å²) in [7, 11) is 0. The molecule has 0 saturated heterocycles. The lowest BCUT2D eigenvalue weighted by atomic mass is 9.93. The Kier molecular flexibility index (Phi) is 6.95. The summed E-state index contributed by atoms with van der Waals surface area (Å²) in [6, 6.07) is 76.3. The molecule has 4 nitrogen and oxygen atoms in total. The van der Waals surface area contributed by atoms with E-state index in [0.717, 1.165) is 66.0 Å². The molecule has 0 bridgehead atoms. The first-order chi connectivity index (χ1) is 31.2. The fourth-order valence-electron chi connectivity index (χ4n) is 10.9. The van der Waals surface area contributed by atoms with Crippen molar-refractivity contribution in [3.05, 3.63) is 223 Å². The van der Waals surface area contributed by atoms with Crippen LogP contribution in [0.4, 0.5) is 0 Å². The number of hydrogen-bond donors (Lipinski definition) is 0. The molecule has 4 heterocycles. The van der Waals surface area contributed by atoms with E-state index in [1.165, 1.54) is 59.9 Å². The molecule has 10 aromatic carbocycles. The lowest BCUT2D eigenvalue weighted by molar-refractivity contribution is 1.16. The van der Waals surface area contributed by atoms with Gasteiger partial charge in [-0.3, -0.25) is 9.20 Å². The average molecular weight is 802 g/mol. The first-order valence-electron chi connectivity index (χ1n) is 21.6. The van der Waals surface area contributed by atoms with Crippen molar-refractivity contribution in [1.82, 2.24) is 13.5 Å². The van der Waals surface area contributed by atoms with Gasteiger partial charge in [-0.25, -0.2) is 0 Å². The number of benzene rings is 10. The Morgan fingerprint density at radius 2 is 0.810 bits per heavy atom. The van der Waals surface area contributed by atoms with Crippen LogP contribution in [0.2, 0.25) is 0 Å². The van der Waals surface area contributed by atoms with Gasteiger partial charge in [0, 0.05) is 54.2 Å². The average Bonchev–Trinajstić information content (AvgIpc) is 3.99. The Hall–Kier alpha value is -8.47. The van der Waals surface area contributed by atoms with Crippen LogP contribution in [0.3, 0.4) is 0 Å². The number of aromatic nitrogens is 3. The maximum Gasteiger partial charge on any atom is 0.263 e. The monoisotopic (exact) mass is 801 g/mol. The number of para-hydroxylation sites is 4. The molecule has 0 aliphatic heterocycles. The molecule has 0 radical (unpaired) electrons. The summed E-state index contributed by atoms with van der Waals surface area (Å²) in [6.45, 7) is 0. The zero-order chi connectivity index (χ0) is 41.3. The fourth-order valence-corrected chi connectivity index (χ4v) is 10.9. The van der Waals surface area contributed by atoms with Gasteiger partial charge < -0.3 is 9.13 Å². The second-order valence-electron chi connectivity index (χ2n) is 16.8. The summed E-state index contributed by atoms with van der Waals surface area (Å²) < 4.78 is 6.87. The first kappa shape index (κ1) is 34.3. The van der Waals surface area contributed by atoms with E-state index < -0.39 is 0 Å². The smallest absolute Gasteiger partial charge is 0.263 e. The SMILES string of the molecule is O=c1c2ccccc2c2cc(-c3cccc(-c4ccc(-n5c6ccccc6c6ccc7c8ccccc8n(-c8ccccc8)c7c65)c5ccccc45)c3)cc3c4ccccc4n1c23. The number of fused-ring (bicyclic) bond motifs is 13. The van der Waals surface area contributed by atoms with Gasteiger partial charge in [0.2, 0.25) is 0 Å². The fraction of sp³-hybridized carbons (Fsp3) is 0. The van der Waals surface area contributed by atoms with Gasteiger partial charge in [0.1, 0.15) is 0 Å². The van der Waals surface area contributed by atoms with Crippen molar-refractivity contribution >= 4 is 92.3 Å². The Labute approximate surface area is 360 Å². The molecule has 14 aromatic rings. The second-order valence-corrected chi connectivity index (χ2v) is 16.8. The van der Waals surface area contributed by atoms with Crippen LogP contribution in [0.5, 0.6) is 0 Å². The van der Waals surface area contributed by atoms with Crippen LogP contribution >= 0.6 is 0 Å². The third-order valence-electron chi connectivity index (χ3n) is 13.6. The number of nitrogens with zero attached hydrogens (tertiary/aromatic N) is 3. The highest BCUT2D eigenvalue weighted by Gasteiger charge is 2.23. The lowest BCUT2D eigenvalue weighted by Crippen LogP contribution is -2.12. The van der Waals surface area contributed by atoms with Crippen LogP contribution < -0.4 is 5.56 Å². The molecular weight excluding hydrogens is 767 g/mol. The molecule has 0 unspecified atom stereocenters. The van der Waals surface area contributed by atoms with Crippen LogP contribution in [-0.2, 0) is 0 Å².